The Morgan fingerprint density at radius 2 is 2.00 bits per heavy atom. The highest BCUT2D eigenvalue weighted by molar-refractivity contribution is 9.09. The lowest BCUT2D eigenvalue weighted by Crippen LogP contribution is -2.32. The Balaban J connectivity index is 2.52. The molecule has 0 aliphatic heterocycles. The highest BCUT2D eigenvalue weighted by Crippen LogP contribution is 2.26. The van der Waals surface area contributed by atoms with Gasteiger partial charge in [0.2, 0.25) is 0 Å². The van der Waals surface area contributed by atoms with Gasteiger partial charge in [0.1, 0.15) is 0 Å². The number of benzene rings is 1. The number of rotatable bonds is 4. The van der Waals surface area contributed by atoms with Gasteiger partial charge in [0.15, 0.2) is 0 Å². The van der Waals surface area contributed by atoms with Gasteiger partial charge in [0, 0.05) is 35.2 Å². The molecule has 17 heavy (non-hydrogen) atoms. The molecular formula is C14H17BrN2. The molecule has 0 radical (unpaired) electrons. The summed E-state index contributed by atoms with van der Waals surface area (Å²) in [6.07, 6.45) is 1.89. The van der Waals surface area contributed by atoms with Crippen LogP contribution in [0.15, 0.2) is 36.5 Å². The van der Waals surface area contributed by atoms with E-state index >= 15 is 0 Å². The molecule has 0 atom stereocenters. The molecule has 2 rings (SSSR count). The number of nitrogens with zero attached hydrogens (tertiary/aromatic N) is 2. The predicted octanol–water partition coefficient (Wildman–Crippen LogP) is 3.84. The third-order valence-corrected chi connectivity index (χ3v) is 3.24. The molecule has 2 aromatic rings. The van der Waals surface area contributed by atoms with E-state index in [0.29, 0.717) is 6.04 Å². The minimum Gasteiger partial charge on any atom is -0.368 e. The van der Waals surface area contributed by atoms with E-state index in [0.717, 1.165) is 17.4 Å². The van der Waals surface area contributed by atoms with E-state index < -0.39 is 0 Å². The van der Waals surface area contributed by atoms with Crippen LogP contribution in [0, 0.1) is 0 Å². The molecule has 1 heterocycles. The van der Waals surface area contributed by atoms with Crippen molar-refractivity contribution in [2.24, 2.45) is 0 Å². The number of hydrogen-bond acceptors (Lipinski definition) is 2. The number of anilines is 1. The van der Waals surface area contributed by atoms with Crippen LogP contribution in [0.4, 0.5) is 5.69 Å². The number of hydrogen-bond donors (Lipinski definition) is 0. The van der Waals surface area contributed by atoms with Crippen molar-refractivity contribution in [3.63, 3.8) is 0 Å². The smallest absolute Gasteiger partial charge is 0.0722 e. The summed E-state index contributed by atoms with van der Waals surface area (Å²) in [5.74, 6) is 0. The third-order valence-electron chi connectivity index (χ3n) is 2.88. The Hall–Kier alpha value is -1.09. The van der Waals surface area contributed by atoms with Crippen LogP contribution in [-0.2, 0) is 0 Å². The number of para-hydroxylation sites is 1. The van der Waals surface area contributed by atoms with Gasteiger partial charge < -0.3 is 4.90 Å². The molecule has 0 saturated carbocycles. The average molecular weight is 293 g/mol. The first-order chi connectivity index (χ1) is 8.24. The van der Waals surface area contributed by atoms with E-state index in [1.165, 1.54) is 11.1 Å². The second-order valence-corrected chi connectivity index (χ2v) is 5.12. The molecule has 0 spiro atoms. The largest absolute Gasteiger partial charge is 0.368 e. The van der Waals surface area contributed by atoms with Crippen LogP contribution >= 0.6 is 15.9 Å². The summed E-state index contributed by atoms with van der Waals surface area (Å²) in [6, 6.07) is 10.9. The van der Waals surface area contributed by atoms with Gasteiger partial charge in [-0.2, -0.15) is 0 Å². The molecule has 0 aliphatic rings. The van der Waals surface area contributed by atoms with Gasteiger partial charge in [0.25, 0.3) is 0 Å². The Bertz CT molecular complexity index is 491. The lowest BCUT2D eigenvalue weighted by molar-refractivity contribution is 0.710. The summed E-state index contributed by atoms with van der Waals surface area (Å²) in [4.78, 5) is 6.81. The molecule has 1 aromatic carbocycles. The minimum absolute atomic E-state index is 0.485. The molecule has 0 saturated heterocycles. The summed E-state index contributed by atoms with van der Waals surface area (Å²) in [7, 11) is 0. The number of aromatic nitrogens is 1. The number of pyridine rings is 1. The van der Waals surface area contributed by atoms with Crippen molar-refractivity contribution >= 4 is 32.5 Å². The fraction of sp³-hybridized carbons (Fsp3) is 0.357. The van der Waals surface area contributed by atoms with Crippen molar-refractivity contribution in [1.29, 1.82) is 0 Å². The van der Waals surface area contributed by atoms with Gasteiger partial charge >= 0.3 is 0 Å². The maximum absolute atomic E-state index is 4.41. The monoisotopic (exact) mass is 292 g/mol. The van der Waals surface area contributed by atoms with E-state index in [1.807, 2.05) is 12.3 Å². The first-order valence-electron chi connectivity index (χ1n) is 5.90. The minimum atomic E-state index is 0.485. The van der Waals surface area contributed by atoms with Crippen LogP contribution in [0.3, 0.4) is 0 Å². The van der Waals surface area contributed by atoms with E-state index in [-0.39, 0.29) is 0 Å². The van der Waals surface area contributed by atoms with E-state index in [9.17, 15) is 0 Å². The Kier molecular flexibility index (Phi) is 4.00. The topological polar surface area (TPSA) is 16.1 Å². The molecule has 0 N–H and O–H groups in total. The van der Waals surface area contributed by atoms with Crippen LogP contribution in [0.5, 0.6) is 0 Å². The highest BCUT2D eigenvalue weighted by atomic mass is 79.9. The third kappa shape index (κ3) is 2.60. The molecule has 0 amide bonds. The van der Waals surface area contributed by atoms with Crippen molar-refractivity contribution in [3.05, 3.63) is 36.5 Å². The molecule has 90 valence electrons. The van der Waals surface area contributed by atoms with Gasteiger partial charge in [-0.05, 0) is 26.0 Å². The lowest BCUT2D eigenvalue weighted by Gasteiger charge is -2.29. The number of alkyl halides is 1. The van der Waals surface area contributed by atoms with Crippen LogP contribution < -0.4 is 4.90 Å². The molecule has 1 aromatic heterocycles. The summed E-state index contributed by atoms with van der Waals surface area (Å²) in [5, 5.41) is 2.20. The quantitative estimate of drug-likeness (QED) is 0.796. The van der Waals surface area contributed by atoms with E-state index in [2.05, 4.69) is 63.9 Å². The Morgan fingerprint density at radius 3 is 2.71 bits per heavy atom. The van der Waals surface area contributed by atoms with Gasteiger partial charge in [-0.3, -0.25) is 4.98 Å². The Labute approximate surface area is 111 Å². The summed E-state index contributed by atoms with van der Waals surface area (Å²) >= 11 is 3.52. The van der Waals surface area contributed by atoms with E-state index in [4.69, 9.17) is 0 Å². The maximum Gasteiger partial charge on any atom is 0.0722 e. The standard InChI is InChI=1S/C14H17BrN2/c1-11(2)17(10-8-15)14-7-9-16-13-6-4-3-5-12(13)14/h3-7,9,11H,8,10H2,1-2H3. The zero-order valence-electron chi connectivity index (χ0n) is 10.2. The molecule has 2 nitrogen and oxygen atoms in total. The normalized spacial score (nSPS) is 11.1. The summed E-state index contributed by atoms with van der Waals surface area (Å²) < 4.78 is 0. The van der Waals surface area contributed by atoms with Crippen molar-refractivity contribution in [1.82, 2.24) is 4.98 Å². The van der Waals surface area contributed by atoms with E-state index in [1.54, 1.807) is 0 Å². The van der Waals surface area contributed by atoms with Crippen LogP contribution in [0.25, 0.3) is 10.9 Å². The van der Waals surface area contributed by atoms with Gasteiger partial charge in [-0.1, -0.05) is 34.1 Å². The first-order valence-corrected chi connectivity index (χ1v) is 7.02. The first kappa shape index (κ1) is 12.4. The number of fused-ring (bicyclic) bond motifs is 1. The average Bonchev–Trinajstić information content (AvgIpc) is 2.35. The van der Waals surface area contributed by atoms with Gasteiger partial charge in [0.05, 0.1) is 5.52 Å². The molecular weight excluding hydrogens is 276 g/mol. The fourth-order valence-corrected chi connectivity index (χ4v) is 2.46. The van der Waals surface area contributed by atoms with Crippen LogP contribution in [-0.4, -0.2) is 22.9 Å². The van der Waals surface area contributed by atoms with Gasteiger partial charge in [-0.25, -0.2) is 0 Å². The zero-order chi connectivity index (χ0) is 12.3. The second-order valence-electron chi connectivity index (χ2n) is 4.32. The zero-order valence-corrected chi connectivity index (χ0v) is 11.8. The lowest BCUT2D eigenvalue weighted by atomic mass is 10.1. The van der Waals surface area contributed by atoms with Crippen molar-refractivity contribution < 1.29 is 0 Å². The van der Waals surface area contributed by atoms with Crippen molar-refractivity contribution in [2.75, 3.05) is 16.8 Å². The number of halogens is 1. The van der Waals surface area contributed by atoms with Crippen LogP contribution in [0.1, 0.15) is 13.8 Å². The van der Waals surface area contributed by atoms with Gasteiger partial charge in [-0.15, -0.1) is 0 Å². The highest BCUT2D eigenvalue weighted by Gasteiger charge is 2.12. The molecule has 3 heteroatoms. The second kappa shape index (κ2) is 5.50. The summed E-state index contributed by atoms with van der Waals surface area (Å²) in [6.45, 7) is 5.45. The molecule has 0 fully saturated rings. The van der Waals surface area contributed by atoms with Crippen LogP contribution in [0.2, 0.25) is 0 Å². The van der Waals surface area contributed by atoms with Crippen molar-refractivity contribution in [2.45, 2.75) is 19.9 Å². The SMILES string of the molecule is CC(C)N(CCBr)c1ccnc2ccccc12. The molecule has 0 aliphatic carbocycles. The van der Waals surface area contributed by atoms with Crippen molar-refractivity contribution in [3.8, 4) is 0 Å². The Morgan fingerprint density at radius 1 is 1.24 bits per heavy atom. The fourth-order valence-electron chi connectivity index (χ4n) is 2.08. The maximum atomic E-state index is 4.41. The molecule has 0 unspecified atom stereocenters. The predicted molar refractivity (Wildman–Crippen MR) is 78.0 cm³/mol. The summed E-state index contributed by atoms with van der Waals surface area (Å²) in [5.41, 5.74) is 2.33. The molecule has 0 bridgehead atoms.